The maximum absolute atomic E-state index is 12.8. The minimum absolute atomic E-state index is 0.00764. The van der Waals surface area contributed by atoms with Gasteiger partial charge in [0.25, 0.3) is 11.5 Å². The molecule has 6 nitrogen and oxygen atoms in total. The molecule has 1 aliphatic rings. The van der Waals surface area contributed by atoms with Crippen molar-refractivity contribution in [3.63, 3.8) is 0 Å². The van der Waals surface area contributed by atoms with Crippen LogP contribution in [0.3, 0.4) is 0 Å². The number of thioether (sulfide) groups is 1. The van der Waals surface area contributed by atoms with E-state index in [0.29, 0.717) is 17.9 Å². The number of rotatable bonds is 5. The van der Waals surface area contributed by atoms with Crippen LogP contribution in [0.4, 0.5) is 0 Å². The first-order valence-corrected chi connectivity index (χ1v) is 9.33. The first-order valence-electron chi connectivity index (χ1n) is 8.35. The molecular weight excluding hydrogens is 338 g/mol. The number of H-pyrrole nitrogens is 1. The highest BCUT2D eigenvalue weighted by atomic mass is 32.2. The molecule has 1 aliphatic heterocycles. The minimum Gasteiger partial charge on any atom is -0.396 e. The molecule has 3 rings (SSSR count). The summed E-state index contributed by atoms with van der Waals surface area (Å²) < 4.78 is 0. The van der Waals surface area contributed by atoms with Crippen LogP contribution in [0.15, 0.2) is 46.3 Å². The van der Waals surface area contributed by atoms with Gasteiger partial charge in [-0.1, -0.05) is 0 Å². The van der Waals surface area contributed by atoms with Crippen LogP contribution < -0.4 is 5.56 Å². The van der Waals surface area contributed by atoms with Crippen molar-refractivity contribution in [1.29, 1.82) is 0 Å². The third-order valence-electron chi connectivity index (χ3n) is 4.29. The van der Waals surface area contributed by atoms with Gasteiger partial charge in [0.15, 0.2) is 0 Å². The Morgan fingerprint density at radius 1 is 1.36 bits per heavy atom. The van der Waals surface area contributed by atoms with Gasteiger partial charge in [-0.25, -0.2) is 4.98 Å². The number of nitrogens with one attached hydrogen (secondary N) is 1. The van der Waals surface area contributed by atoms with E-state index in [4.69, 9.17) is 5.11 Å². The third kappa shape index (κ3) is 4.49. The summed E-state index contributed by atoms with van der Waals surface area (Å²) in [6, 6.07) is 9.00. The second-order valence-corrected chi connectivity index (χ2v) is 7.19. The van der Waals surface area contributed by atoms with Crippen LogP contribution in [0.5, 0.6) is 0 Å². The fourth-order valence-electron chi connectivity index (χ4n) is 3.05. The molecule has 0 saturated carbocycles. The van der Waals surface area contributed by atoms with E-state index in [0.717, 1.165) is 30.0 Å². The summed E-state index contributed by atoms with van der Waals surface area (Å²) in [5.74, 6) is 0.747. The lowest BCUT2D eigenvalue weighted by molar-refractivity contribution is 0.0706. The summed E-state index contributed by atoms with van der Waals surface area (Å²) >= 11 is 1.56. The van der Waals surface area contributed by atoms with E-state index in [-0.39, 0.29) is 24.0 Å². The number of aliphatic hydroxyl groups is 1. The maximum atomic E-state index is 12.8. The number of hydrogen-bond acceptors (Lipinski definition) is 5. The standard InChI is InChI=1S/C18H21N3O3S/c22-8-9-25-15-5-3-13(4-6-15)18(24)21-7-1-2-14(11-21)16-10-17(23)20-12-19-16/h3-6,10,12,14,22H,1-2,7-9,11H2,(H,19,20,23)/t14-/m0/s1. The van der Waals surface area contributed by atoms with Crippen LogP contribution in [-0.4, -0.2) is 51.3 Å². The number of piperidine rings is 1. The van der Waals surface area contributed by atoms with Crippen molar-refractivity contribution in [3.8, 4) is 0 Å². The largest absolute Gasteiger partial charge is 0.396 e. The van der Waals surface area contributed by atoms with E-state index < -0.39 is 0 Å². The molecule has 1 amide bonds. The molecule has 0 radical (unpaired) electrons. The highest BCUT2D eigenvalue weighted by Crippen LogP contribution is 2.26. The Balaban J connectivity index is 1.68. The Labute approximate surface area is 150 Å². The van der Waals surface area contributed by atoms with Gasteiger partial charge in [-0.15, -0.1) is 11.8 Å². The number of aromatic nitrogens is 2. The number of likely N-dealkylation sites (tertiary alicyclic amines) is 1. The zero-order valence-corrected chi connectivity index (χ0v) is 14.7. The van der Waals surface area contributed by atoms with Crippen molar-refractivity contribution in [2.24, 2.45) is 0 Å². The molecule has 1 saturated heterocycles. The molecule has 0 unspecified atom stereocenters. The molecule has 2 aromatic rings. The summed E-state index contributed by atoms with van der Waals surface area (Å²) in [5, 5.41) is 8.87. The van der Waals surface area contributed by atoms with Crippen LogP contribution in [0.2, 0.25) is 0 Å². The number of hydrogen-bond donors (Lipinski definition) is 2. The van der Waals surface area contributed by atoms with Crippen molar-refractivity contribution >= 4 is 17.7 Å². The van der Waals surface area contributed by atoms with Gasteiger partial charge in [0.2, 0.25) is 0 Å². The molecule has 1 aromatic carbocycles. The number of aliphatic hydroxyl groups excluding tert-OH is 1. The molecule has 0 spiro atoms. The zero-order valence-electron chi connectivity index (χ0n) is 13.9. The minimum atomic E-state index is -0.163. The Morgan fingerprint density at radius 2 is 2.16 bits per heavy atom. The number of amides is 1. The van der Waals surface area contributed by atoms with Crippen LogP contribution in [-0.2, 0) is 0 Å². The average Bonchev–Trinajstić information content (AvgIpc) is 2.66. The fraction of sp³-hybridized carbons (Fsp3) is 0.389. The Bertz CT molecular complexity index is 776. The number of carbonyl (C=O) groups excluding carboxylic acids is 1. The highest BCUT2D eigenvalue weighted by Gasteiger charge is 2.26. The Morgan fingerprint density at radius 3 is 2.88 bits per heavy atom. The number of benzene rings is 1. The highest BCUT2D eigenvalue weighted by molar-refractivity contribution is 7.99. The van der Waals surface area contributed by atoms with Gasteiger partial charge in [-0.2, -0.15) is 0 Å². The van der Waals surface area contributed by atoms with Crippen molar-refractivity contribution < 1.29 is 9.90 Å². The van der Waals surface area contributed by atoms with E-state index in [2.05, 4.69) is 9.97 Å². The van der Waals surface area contributed by atoms with Gasteiger partial charge < -0.3 is 15.0 Å². The normalized spacial score (nSPS) is 17.5. The van der Waals surface area contributed by atoms with Crippen molar-refractivity contribution in [2.75, 3.05) is 25.4 Å². The number of aromatic amines is 1. The molecule has 25 heavy (non-hydrogen) atoms. The van der Waals surface area contributed by atoms with E-state index in [1.165, 1.54) is 12.4 Å². The Kier molecular flexibility index (Phi) is 5.88. The molecule has 1 atom stereocenters. The van der Waals surface area contributed by atoms with E-state index >= 15 is 0 Å². The quantitative estimate of drug-likeness (QED) is 0.796. The summed E-state index contributed by atoms with van der Waals surface area (Å²) in [5.41, 5.74) is 1.24. The fourth-order valence-corrected chi connectivity index (χ4v) is 3.71. The lowest BCUT2D eigenvalue weighted by Gasteiger charge is -2.32. The first kappa shape index (κ1) is 17.7. The van der Waals surface area contributed by atoms with Crippen molar-refractivity contribution in [1.82, 2.24) is 14.9 Å². The summed E-state index contributed by atoms with van der Waals surface area (Å²) in [6.45, 7) is 1.44. The second-order valence-electron chi connectivity index (χ2n) is 6.02. The molecule has 2 heterocycles. The third-order valence-corrected chi connectivity index (χ3v) is 5.28. The summed E-state index contributed by atoms with van der Waals surface area (Å²) in [7, 11) is 0. The molecule has 0 bridgehead atoms. The molecule has 1 fully saturated rings. The molecule has 132 valence electrons. The van der Waals surface area contributed by atoms with E-state index in [1.807, 2.05) is 29.2 Å². The van der Waals surface area contributed by atoms with Crippen LogP contribution >= 0.6 is 11.8 Å². The van der Waals surface area contributed by atoms with Crippen molar-refractivity contribution in [2.45, 2.75) is 23.7 Å². The number of carbonyl (C=O) groups is 1. The summed E-state index contributed by atoms with van der Waals surface area (Å²) in [4.78, 5) is 33.9. The molecule has 2 N–H and O–H groups in total. The maximum Gasteiger partial charge on any atom is 0.253 e. The van der Waals surface area contributed by atoms with Gasteiger partial charge in [0.05, 0.1) is 18.6 Å². The van der Waals surface area contributed by atoms with Gasteiger partial charge in [0, 0.05) is 41.3 Å². The van der Waals surface area contributed by atoms with Gasteiger partial charge in [-0.05, 0) is 37.1 Å². The van der Waals surface area contributed by atoms with Crippen LogP contribution in [0.25, 0.3) is 0 Å². The zero-order chi connectivity index (χ0) is 17.6. The van der Waals surface area contributed by atoms with Crippen LogP contribution in [0.1, 0.15) is 34.8 Å². The van der Waals surface area contributed by atoms with Gasteiger partial charge >= 0.3 is 0 Å². The summed E-state index contributed by atoms with van der Waals surface area (Å²) in [6.07, 6.45) is 3.24. The smallest absolute Gasteiger partial charge is 0.253 e. The lowest BCUT2D eigenvalue weighted by atomic mass is 9.94. The second kappa shape index (κ2) is 8.31. The monoisotopic (exact) mass is 359 g/mol. The first-order chi connectivity index (χ1) is 12.2. The predicted molar refractivity (Wildman–Crippen MR) is 97.0 cm³/mol. The van der Waals surface area contributed by atoms with Gasteiger partial charge in [-0.3, -0.25) is 9.59 Å². The molecule has 0 aliphatic carbocycles. The lowest BCUT2D eigenvalue weighted by Crippen LogP contribution is -2.39. The Hall–Kier alpha value is -2.12. The van der Waals surface area contributed by atoms with Gasteiger partial charge in [0.1, 0.15) is 0 Å². The van der Waals surface area contributed by atoms with E-state index in [9.17, 15) is 9.59 Å². The SMILES string of the molecule is O=C(c1ccc(SCCO)cc1)N1CCC[C@H](c2cc(=O)[nH]cn2)C1. The number of nitrogens with zero attached hydrogens (tertiary/aromatic N) is 2. The molecule has 1 aromatic heterocycles. The average molecular weight is 359 g/mol. The molecular formula is C18H21N3O3S. The van der Waals surface area contributed by atoms with Crippen LogP contribution in [0, 0.1) is 0 Å². The topological polar surface area (TPSA) is 86.3 Å². The van der Waals surface area contributed by atoms with E-state index in [1.54, 1.807) is 11.8 Å². The predicted octanol–water partition coefficient (Wildman–Crippen LogP) is 1.87. The molecule has 7 heteroatoms. The van der Waals surface area contributed by atoms with Crippen molar-refractivity contribution in [3.05, 3.63) is 58.3 Å².